The standard InChI is InChI=1S/C23H30N2O4/c1-4-29-20-7-5-6-17(14-20)16-25-12-10-18(11-13-25)23(26)24-21-9-8-19(27-2)15-22(21)28-3/h5-9,14-15,18H,4,10-13,16H2,1-3H3,(H,24,26). The Balaban J connectivity index is 1.52. The third kappa shape index (κ3) is 5.64. The monoisotopic (exact) mass is 398 g/mol. The zero-order valence-corrected chi connectivity index (χ0v) is 17.4. The van der Waals surface area contributed by atoms with Gasteiger partial charge in [-0.1, -0.05) is 12.1 Å². The molecule has 1 amide bonds. The van der Waals surface area contributed by atoms with E-state index in [-0.39, 0.29) is 11.8 Å². The first-order valence-electron chi connectivity index (χ1n) is 10.1. The number of nitrogens with zero attached hydrogens (tertiary/aromatic N) is 1. The Morgan fingerprint density at radius 2 is 1.86 bits per heavy atom. The second-order valence-electron chi connectivity index (χ2n) is 7.19. The molecule has 0 radical (unpaired) electrons. The number of piperidine rings is 1. The quantitative estimate of drug-likeness (QED) is 0.730. The number of carbonyl (C=O) groups excluding carboxylic acids is 1. The predicted molar refractivity (Wildman–Crippen MR) is 114 cm³/mol. The van der Waals surface area contributed by atoms with Crippen LogP contribution in [0.4, 0.5) is 5.69 Å². The molecule has 3 rings (SSSR count). The van der Waals surface area contributed by atoms with E-state index >= 15 is 0 Å². The maximum Gasteiger partial charge on any atom is 0.227 e. The van der Waals surface area contributed by atoms with Crippen LogP contribution in [0, 0.1) is 5.92 Å². The van der Waals surface area contributed by atoms with Crippen LogP contribution in [-0.4, -0.2) is 44.7 Å². The van der Waals surface area contributed by atoms with Crippen LogP contribution >= 0.6 is 0 Å². The van der Waals surface area contributed by atoms with Crippen molar-refractivity contribution >= 4 is 11.6 Å². The highest BCUT2D eigenvalue weighted by molar-refractivity contribution is 5.94. The molecule has 1 aliphatic rings. The van der Waals surface area contributed by atoms with Crippen LogP contribution in [0.3, 0.4) is 0 Å². The van der Waals surface area contributed by atoms with E-state index in [2.05, 4.69) is 22.3 Å². The summed E-state index contributed by atoms with van der Waals surface area (Å²) < 4.78 is 16.2. The van der Waals surface area contributed by atoms with E-state index in [0.29, 0.717) is 23.8 Å². The Morgan fingerprint density at radius 1 is 1.07 bits per heavy atom. The smallest absolute Gasteiger partial charge is 0.227 e. The zero-order chi connectivity index (χ0) is 20.6. The lowest BCUT2D eigenvalue weighted by Crippen LogP contribution is -2.37. The number of hydrogen-bond donors (Lipinski definition) is 1. The van der Waals surface area contributed by atoms with E-state index in [1.54, 1.807) is 20.3 Å². The number of anilines is 1. The van der Waals surface area contributed by atoms with Gasteiger partial charge in [-0.05, 0) is 62.7 Å². The third-order valence-electron chi connectivity index (χ3n) is 5.24. The van der Waals surface area contributed by atoms with E-state index in [1.165, 1.54) is 5.56 Å². The maximum absolute atomic E-state index is 12.7. The number of carbonyl (C=O) groups is 1. The molecule has 2 aromatic carbocycles. The molecule has 0 spiro atoms. The lowest BCUT2D eigenvalue weighted by atomic mass is 9.95. The molecule has 0 aromatic heterocycles. The summed E-state index contributed by atoms with van der Waals surface area (Å²) in [5.74, 6) is 2.26. The fourth-order valence-corrected chi connectivity index (χ4v) is 3.65. The molecule has 1 heterocycles. The Bertz CT molecular complexity index is 816. The van der Waals surface area contributed by atoms with Crippen LogP contribution in [0.15, 0.2) is 42.5 Å². The summed E-state index contributed by atoms with van der Waals surface area (Å²) in [7, 11) is 3.19. The van der Waals surface area contributed by atoms with E-state index in [0.717, 1.165) is 38.2 Å². The molecule has 0 bridgehead atoms. The van der Waals surface area contributed by atoms with Crippen molar-refractivity contribution < 1.29 is 19.0 Å². The molecule has 0 aliphatic carbocycles. The number of ether oxygens (including phenoxy) is 3. The molecule has 1 saturated heterocycles. The molecule has 1 aliphatic heterocycles. The summed E-state index contributed by atoms with van der Waals surface area (Å²) in [6.07, 6.45) is 1.69. The van der Waals surface area contributed by atoms with Gasteiger partial charge in [-0.3, -0.25) is 9.69 Å². The van der Waals surface area contributed by atoms with E-state index in [4.69, 9.17) is 14.2 Å². The molecule has 0 saturated carbocycles. The van der Waals surface area contributed by atoms with Crippen LogP contribution in [0.5, 0.6) is 17.2 Å². The van der Waals surface area contributed by atoms with Crippen molar-refractivity contribution in [3.8, 4) is 17.2 Å². The molecular weight excluding hydrogens is 368 g/mol. The van der Waals surface area contributed by atoms with Crippen molar-refractivity contribution in [2.75, 3.05) is 39.2 Å². The van der Waals surface area contributed by atoms with Crippen molar-refractivity contribution in [1.82, 2.24) is 4.90 Å². The molecule has 6 nitrogen and oxygen atoms in total. The minimum absolute atomic E-state index is 0.00724. The Labute approximate surface area is 172 Å². The van der Waals surface area contributed by atoms with Crippen LogP contribution in [0.2, 0.25) is 0 Å². The number of nitrogens with one attached hydrogen (secondary N) is 1. The SMILES string of the molecule is CCOc1cccc(CN2CCC(C(=O)Nc3ccc(OC)cc3OC)CC2)c1. The molecular formula is C23H30N2O4. The van der Waals surface area contributed by atoms with Crippen molar-refractivity contribution in [1.29, 1.82) is 0 Å². The normalized spacial score (nSPS) is 15.0. The average molecular weight is 399 g/mol. The summed E-state index contributed by atoms with van der Waals surface area (Å²) in [5.41, 5.74) is 1.91. The predicted octanol–water partition coefficient (Wildman–Crippen LogP) is 3.95. The summed E-state index contributed by atoms with van der Waals surface area (Å²) in [6, 6.07) is 13.6. The number of amides is 1. The molecule has 29 heavy (non-hydrogen) atoms. The number of benzene rings is 2. The number of methoxy groups -OCH3 is 2. The summed E-state index contributed by atoms with van der Waals surface area (Å²) >= 11 is 0. The van der Waals surface area contributed by atoms with Crippen LogP contribution < -0.4 is 19.5 Å². The first-order chi connectivity index (χ1) is 14.1. The summed E-state index contributed by atoms with van der Waals surface area (Å²) in [5, 5.41) is 3.01. The fraction of sp³-hybridized carbons (Fsp3) is 0.435. The first-order valence-corrected chi connectivity index (χ1v) is 10.1. The van der Waals surface area contributed by atoms with Crippen LogP contribution in [-0.2, 0) is 11.3 Å². The minimum Gasteiger partial charge on any atom is -0.497 e. The second kappa shape index (κ2) is 10.2. The lowest BCUT2D eigenvalue weighted by molar-refractivity contribution is -0.121. The van der Waals surface area contributed by atoms with Gasteiger partial charge in [0.15, 0.2) is 0 Å². The first kappa shape index (κ1) is 21.0. The third-order valence-corrected chi connectivity index (χ3v) is 5.24. The van der Waals surface area contributed by atoms with Gasteiger partial charge in [0.25, 0.3) is 0 Å². The van der Waals surface area contributed by atoms with Crippen LogP contribution in [0.25, 0.3) is 0 Å². The van der Waals surface area contributed by atoms with Crippen molar-refractivity contribution in [2.24, 2.45) is 5.92 Å². The van der Waals surface area contributed by atoms with Crippen molar-refractivity contribution in [3.05, 3.63) is 48.0 Å². The maximum atomic E-state index is 12.7. The minimum atomic E-state index is 0.00724. The number of hydrogen-bond acceptors (Lipinski definition) is 5. The fourth-order valence-electron chi connectivity index (χ4n) is 3.65. The molecule has 1 fully saturated rings. The van der Waals surface area contributed by atoms with Crippen LogP contribution in [0.1, 0.15) is 25.3 Å². The van der Waals surface area contributed by atoms with Crippen molar-refractivity contribution in [2.45, 2.75) is 26.3 Å². The summed E-state index contributed by atoms with van der Waals surface area (Å²) in [6.45, 7) is 5.34. The highest BCUT2D eigenvalue weighted by atomic mass is 16.5. The van der Waals surface area contributed by atoms with Crippen molar-refractivity contribution in [3.63, 3.8) is 0 Å². The largest absolute Gasteiger partial charge is 0.497 e. The Morgan fingerprint density at radius 3 is 2.55 bits per heavy atom. The molecule has 1 N–H and O–H groups in total. The Hall–Kier alpha value is -2.73. The molecule has 0 atom stereocenters. The highest BCUT2D eigenvalue weighted by Crippen LogP contribution is 2.30. The molecule has 2 aromatic rings. The average Bonchev–Trinajstić information content (AvgIpc) is 2.75. The second-order valence-corrected chi connectivity index (χ2v) is 7.19. The van der Waals surface area contributed by atoms with Gasteiger partial charge in [-0.15, -0.1) is 0 Å². The number of rotatable bonds is 8. The highest BCUT2D eigenvalue weighted by Gasteiger charge is 2.25. The zero-order valence-electron chi connectivity index (χ0n) is 17.4. The van der Waals surface area contributed by atoms with Gasteiger partial charge in [0.2, 0.25) is 5.91 Å². The van der Waals surface area contributed by atoms with Gasteiger partial charge in [-0.2, -0.15) is 0 Å². The molecule has 156 valence electrons. The van der Waals surface area contributed by atoms with Gasteiger partial charge in [0, 0.05) is 18.5 Å². The van der Waals surface area contributed by atoms with Gasteiger partial charge in [0.1, 0.15) is 17.2 Å². The van der Waals surface area contributed by atoms with E-state index in [1.807, 2.05) is 31.2 Å². The topological polar surface area (TPSA) is 60.0 Å². The van der Waals surface area contributed by atoms with Gasteiger partial charge >= 0.3 is 0 Å². The van der Waals surface area contributed by atoms with E-state index in [9.17, 15) is 4.79 Å². The Kier molecular flexibility index (Phi) is 7.36. The van der Waals surface area contributed by atoms with Gasteiger partial charge in [0.05, 0.1) is 26.5 Å². The van der Waals surface area contributed by atoms with Gasteiger partial charge < -0.3 is 19.5 Å². The molecule has 6 heteroatoms. The van der Waals surface area contributed by atoms with E-state index < -0.39 is 0 Å². The molecule has 0 unspecified atom stereocenters. The lowest BCUT2D eigenvalue weighted by Gasteiger charge is -2.31. The number of likely N-dealkylation sites (tertiary alicyclic amines) is 1. The van der Waals surface area contributed by atoms with Gasteiger partial charge in [-0.25, -0.2) is 0 Å². The summed E-state index contributed by atoms with van der Waals surface area (Å²) in [4.78, 5) is 15.1.